The van der Waals surface area contributed by atoms with Crippen LogP contribution in [0.3, 0.4) is 0 Å². The van der Waals surface area contributed by atoms with Crippen LogP contribution in [0.1, 0.15) is 16.7 Å². The van der Waals surface area contributed by atoms with E-state index in [2.05, 4.69) is 0 Å². The Bertz CT molecular complexity index is 931. The Hall–Kier alpha value is -3.25. The van der Waals surface area contributed by atoms with Crippen molar-refractivity contribution in [1.29, 1.82) is 0 Å². The first-order valence-corrected chi connectivity index (χ1v) is 7.67. The highest BCUT2D eigenvalue weighted by Crippen LogP contribution is 2.38. The van der Waals surface area contributed by atoms with Crippen LogP contribution in [-0.4, -0.2) is 11.8 Å². The van der Waals surface area contributed by atoms with Gasteiger partial charge in [0.25, 0.3) is 0 Å². The molecule has 30 heavy (non-hydrogen) atoms. The van der Waals surface area contributed by atoms with E-state index < -0.39 is 58.4 Å². The van der Waals surface area contributed by atoms with Crippen molar-refractivity contribution in [2.24, 2.45) is 0 Å². The van der Waals surface area contributed by atoms with E-state index in [1.165, 1.54) is 5.32 Å². The number of nitrogens with one attached hydrogen (secondary N) is 2. The lowest BCUT2D eigenvalue weighted by Crippen LogP contribution is -2.30. The Morgan fingerprint density at radius 1 is 0.633 bits per heavy atom. The zero-order valence-electron chi connectivity index (χ0n) is 14.3. The lowest BCUT2D eigenvalue weighted by molar-refractivity contribution is -0.143. The first kappa shape index (κ1) is 23.0. The molecule has 0 aliphatic rings. The molecule has 0 saturated carbocycles. The highest BCUT2D eigenvalue weighted by atomic mass is 19.4. The quantitative estimate of drug-likeness (QED) is 0.487. The topological polar surface area (TPSA) is 58.2 Å². The molecule has 0 aliphatic carbocycles. The van der Waals surface area contributed by atoms with Gasteiger partial charge in [0.1, 0.15) is 0 Å². The molecular weight excluding hydrogens is 435 g/mol. The van der Waals surface area contributed by atoms with Crippen molar-refractivity contribution in [3.8, 4) is 0 Å². The summed E-state index contributed by atoms with van der Waals surface area (Å²) in [5.41, 5.74) is -6.68. The SMILES string of the molecule is O=C(Nc1cc(C(F)(F)F)cc(C(F)(F)F)c1)C(=O)Nc1ccccc1C(F)(F)F. The van der Waals surface area contributed by atoms with Gasteiger partial charge in [-0.1, -0.05) is 12.1 Å². The summed E-state index contributed by atoms with van der Waals surface area (Å²) in [6.07, 6.45) is -15.3. The Kier molecular flexibility index (Phi) is 6.05. The van der Waals surface area contributed by atoms with Crippen molar-refractivity contribution in [3.63, 3.8) is 0 Å². The van der Waals surface area contributed by atoms with E-state index in [0.29, 0.717) is 6.07 Å². The van der Waals surface area contributed by atoms with Crippen LogP contribution < -0.4 is 10.6 Å². The smallest absolute Gasteiger partial charge is 0.318 e. The fraction of sp³-hybridized carbons (Fsp3) is 0.176. The fourth-order valence-electron chi connectivity index (χ4n) is 2.23. The summed E-state index contributed by atoms with van der Waals surface area (Å²) in [6.45, 7) is 0. The molecule has 0 saturated heterocycles. The number of rotatable bonds is 2. The van der Waals surface area contributed by atoms with Gasteiger partial charge in [-0.2, -0.15) is 39.5 Å². The van der Waals surface area contributed by atoms with Gasteiger partial charge in [0.2, 0.25) is 0 Å². The summed E-state index contributed by atoms with van der Waals surface area (Å²) >= 11 is 0. The number of anilines is 2. The van der Waals surface area contributed by atoms with Crippen LogP contribution >= 0.6 is 0 Å². The van der Waals surface area contributed by atoms with Crippen LogP contribution in [0.5, 0.6) is 0 Å². The average molecular weight is 444 g/mol. The number of amides is 2. The van der Waals surface area contributed by atoms with E-state index in [1.54, 1.807) is 5.32 Å². The molecule has 0 unspecified atom stereocenters. The van der Waals surface area contributed by atoms with Gasteiger partial charge in [-0.15, -0.1) is 0 Å². The molecule has 2 rings (SSSR count). The van der Waals surface area contributed by atoms with Crippen molar-refractivity contribution < 1.29 is 49.1 Å². The van der Waals surface area contributed by atoms with Gasteiger partial charge in [0, 0.05) is 5.69 Å². The lowest BCUT2D eigenvalue weighted by atomic mass is 10.1. The lowest BCUT2D eigenvalue weighted by Gasteiger charge is -2.15. The molecule has 2 amide bonds. The van der Waals surface area contributed by atoms with E-state index in [1.807, 2.05) is 0 Å². The van der Waals surface area contributed by atoms with Gasteiger partial charge >= 0.3 is 30.3 Å². The van der Waals surface area contributed by atoms with E-state index in [0.717, 1.165) is 18.2 Å². The molecule has 2 aromatic rings. The Morgan fingerprint density at radius 2 is 1.10 bits per heavy atom. The van der Waals surface area contributed by atoms with Gasteiger partial charge in [-0.3, -0.25) is 9.59 Å². The number of benzene rings is 2. The molecule has 0 heterocycles. The molecular formula is C17H9F9N2O2. The third kappa shape index (κ3) is 5.64. The van der Waals surface area contributed by atoms with Crippen LogP contribution in [0.4, 0.5) is 50.9 Å². The summed E-state index contributed by atoms with van der Waals surface area (Å²) in [6, 6.07) is 3.59. The largest absolute Gasteiger partial charge is 0.418 e. The molecule has 0 aromatic heterocycles. The summed E-state index contributed by atoms with van der Waals surface area (Å²) < 4.78 is 116. The third-order valence-electron chi connectivity index (χ3n) is 3.53. The van der Waals surface area contributed by atoms with Gasteiger partial charge in [0.15, 0.2) is 0 Å². The van der Waals surface area contributed by atoms with Crippen molar-refractivity contribution >= 4 is 23.2 Å². The highest BCUT2D eigenvalue weighted by Gasteiger charge is 2.37. The molecule has 2 N–H and O–H groups in total. The first-order chi connectivity index (χ1) is 13.6. The van der Waals surface area contributed by atoms with Crippen molar-refractivity contribution in [1.82, 2.24) is 0 Å². The maximum atomic E-state index is 12.9. The minimum atomic E-state index is -5.20. The normalized spacial score (nSPS) is 12.4. The van der Waals surface area contributed by atoms with Crippen molar-refractivity contribution in [3.05, 3.63) is 59.2 Å². The minimum absolute atomic E-state index is 0.143. The number of para-hydroxylation sites is 1. The zero-order valence-corrected chi connectivity index (χ0v) is 14.3. The number of halogens is 9. The molecule has 0 spiro atoms. The van der Waals surface area contributed by atoms with Gasteiger partial charge in [-0.05, 0) is 30.3 Å². The Balaban J connectivity index is 2.29. The summed E-state index contributed by atoms with van der Waals surface area (Å²) in [4.78, 5) is 23.7. The monoisotopic (exact) mass is 444 g/mol. The molecule has 13 heteroatoms. The molecule has 162 valence electrons. The summed E-state index contributed by atoms with van der Waals surface area (Å²) in [7, 11) is 0. The van der Waals surface area contributed by atoms with Gasteiger partial charge in [-0.25, -0.2) is 0 Å². The first-order valence-electron chi connectivity index (χ1n) is 7.67. The average Bonchev–Trinajstić information content (AvgIpc) is 2.59. The van der Waals surface area contributed by atoms with E-state index in [-0.39, 0.29) is 18.2 Å². The second-order valence-electron chi connectivity index (χ2n) is 5.75. The van der Waals surface area contributed by atoms with Crippen molar-refractivity contribution in [2.45, 2.75) is 18.5 Å². The van der Waals surface area contributed by atoms with E-state index in [4.69, 9.17) is 0 Å². The standard InChI is InChI=1S/C17H9F9N2O2/c18-15(19,20)8-5-9(16(21,22)23)7-10(6-8)27-13(29)14(30)28-12-4-2-1-3-11(12)17(24,25)26/h1-7H,(H,27,29)(H,28,30). The maximum Gasteiger partial charge on any atom is 0.418 e. The molecule has 0 fully saturated rings. The fourth-order valence-corrected chi connectivity index (χ4v) is 2.23. The number of alkyl halides is 9. The molecule has 0 bridgehead atoms. The summed E-state index contributed by atoms with van der Waals surface area (Å²) in [5.74, 6) is -3.52. The molecule has 0 aliphatic heterocycles. The van der Waals surface area contributed by atoms with Gasteiger partial charge < -0.3 is 10.6 Å². The van der Waals surface area contributed by atoms with Gasteiger partial charge in [0.05, 0.1) is 22.4 Å². The van der Waals surface area contributed by atoms with E-state index >= 15 is 0 Å². The minimum Gasteiger partial charge on any atom is -0.318 e. The third-order valence-corrected chi connectivity index (χ3v) is 3.53. The predicted molar refractivity (Wildman–Crippen MR) is 85.1 cm³/mol. The number of carbonyl (C=O) groups excluding carboxylic acids is 2. The maximum absolute atomic E-state index is 12.9. The van der Waals surface area contributed by atoms with Crippen LogP contribution in [0.2, 0.25) is 0 Å². The Morgan fingerprint density at radius 3 is 1.57 bits per heavy atom. The van der Waals surface area contributed by atoms with Crippen LogP contribution in [0.15, 0.2) is 42.5 Å². The van der Waals surface area contributed by atoms with Crippen LogP contribution in [0.25, 0.3) is 0 Å². The molecule has 0 atom stereocenters. The molecule has 0 radical (unpaired) electrons. The summed E-state index contributed by atoms with van der Waals surface area (Å²) in [5, 5.41) is 3.12. The van der Waals surface area contributed by atoms with Crippen LogP contribution in [-0.2, 0) is 28.1 Å². The predicted octanol–water partition coefficient (Wildman–Crippen LogP) is 5.32. The van der Waals surface area contributed by atoms with Crippen molar-refractivity contribution in [2.75, 3.05) is 10.6 Å². The second-order valence-corrected chi connectivity index (χ2v) is 5.75. The Labute approximate surface area is 161 Å². The van der Waals surface area contributed by atoms with E-state index in [9.17, 15) is 49.1 Å². The number of carbonyl (C=O) groups is 2. The zero-order chi connectivity index (χ0) is 22.9. The highest BCUT2D eigenvalue weighted by molar-refractivity contribution is 6.43. The molecule has 4 nitrogen and oxygen atoms in total. The second kappa shape index (κ2) is 7.88. The number of hydrogen-bond acceptors (Lipinski definition) is 2. The molecule has 2 aromatic carbocycles. The van der Waals surface area contributed by atoms with Crippen LogP contribution in [0, 0.1) is 0 Å². The number of hydrogen-bond donors (Lipinski definition) is 2.